The summed E-state index contributed by atoms with van der Waals surface area (Å²) in [6.07, 6.45) is 0.208. The molecule has 5 heteroatoms. The average molecular weight is 328 g/mol. The van der Waals surface area contributed by atoms with Crippen LogP contribution in [0.5, 0.6) is 0 Å². The van der Waals surface area contributed by atoms with Crippen molar-refractivity contribution >= 4 is 27.8 Å². The lowest BCUT2D eigenvalue weighted by molar-refractivity contribution is -0.143. The van der Waals surface area contributed by atoms with Crippen LogP contribution in [-0.4, -0.2) is 37.0 Å². The third-order valence-electron chi connectivity index (χ3n) is 2.66. The van der Waals surface area contributed by atoms with Gasteiger partial charge in [0.2, 0.25) is 0 Å². The summed E-state index contributed by atoms with van der Waals surface area (Å²) in [4.78, 5) is 25.0. The van der Waals surface area contributed by atoms with Gasteiger partial charge >= 0.3 is 5.97 Å². The normalized spacial score (nSPS) is 10.1. The molecule has 0 saturated carbocycles. The molecular formula is C14H18BrNO3. The van der Waals surface area contributed by atoms with E-state index < -0.39 is 0 Å². The molecule has 0 bridgehead atoms. The summed E-state index contributed by atoms with van der Waals surface area (Å²) in [5, 5.41) is 0. The first-order valence-corrected chi connectivity index (χ1v) is 6.92. The average Bonchev–Trinajstić information content (AvgIpc) is 2.35. The zero-order chi connectivity index (χ0) is 14.4. The van der Waals surface area contributed by atoms with Crippen molar-refractivity contribution < 1.29 is 14.3 Å². The smallest absolute Gasteiger partial charge is 0.307 e. The van der Waals surface area contributed by atoms with Crippen LogP contribution >= 0.6 is 15.9 Å². The number of carbonyl (C=O) groups is 2. The summed E-state index contributed by atoms with van der Waals surface area (Å²) >= 11 is 3.38. The van der Waals surface area contributed by atoms with Crippen LogP contribution in [0.15, 0.2) is 22.7 Å². The maximum Gasteiger partial charge on any atom is 0.307 e. The Bertz CT molecular complexity index is 474. The lowest BCUT2D eigenvalue weighted by atomic mass is 10.1. The SMILES string of the molecule is CCOC(=O)CCN(C)C(=O)c1ccc(C)cc1Br. The van der Waals surface area contributed by atoms with Gasteiger partial charge in [-0.15, -0.1) is 0 Å². The van der Waals surface area contributed by atoms with Crippen LogP contribution in [0.2, 0.25) is 0 Å². The van der Waals surface area contributed by atoms with E-state index in [0.717, 1.165) is 10.0 Å². The summed E-state index contributed by atoms with van der Waals surface area (Å²) < 4.78 is 5.60. The molecule has 0 aromatic heterocycles. The Morgan fingerprint density at radius 1 is 1.37 bits per heavy atom. The molecule has 0 heterocycles. The second kappa shape index (κ2) is 7.28. The molecule has 0 aliphatic rings. The monoisotopic (exact) mass is 327 g/mol. The Hall–Kier alpha value is -1.36. The fraction of sp³-hybridized carbons (Fsp3) is 0.429. The van der Waals surface area contributed by atoms with E-state index in [2.05, 4.69) is 15.9 Å². The van der Waals surface area contributed by atoms with Crippen molar-refractivity contribution in [2.45, 2.75) is 20.3 Å². The minimum atomic E-state index is -0.287. The predicted molar refractivity (Wildman–Crippen MR) is 77.1 cm³/mol. The Balaban J connectivity index is 2.64. The van der Waals surface area contributed by atoms with Crippen molar-refractivity contribution in [3.8, 4) is 0 Å². The summed E-state index contributed by atoms with van der Waals surface area (Å²) in [5.41, 5.74) is 1.68. The van der Waals surface area contributed by atoms with Crippen LogP contribution in [-0.2, 0) is 9.53 Å². The highest BCUT2D eigenvalue weighted by Crippen LogP contribution is 2.19. The number of esters is 1. The molecular weight excluding hydrogens is 310 g/mol. The second-order valence-corrected chi connectivity index (χ2v) is 5.12. The van der Waals surface area contributed by atoms with Crippen molar-refractivity contribution in [3.05, 3.63) is 33.8 Å². The Morgan fingerprint density at radius 2 is 2.05 bits per heavy atom. The number of hydrogen-bond acceptors (Lipinski definition) is 3. The molecule has 1 aromatic carbocycles. The lowest BCUT2D eigenvalue weighted by Gasteiger charge is -2.17. The minimum absolute atomic E-state index is 0.115. The zero-order valence-corrected chi connectivity index (χ0v) is 13.0. The molecule has 19 heavy (non-hydrogen) atoms. The summed E-state index contributed by atoms with van der Waals surface area (Å²) in [5.74, 6) is -0.402. The van der Waals surface area contributed by atoms with Gasteiger partial charge in [-0.05, 0) is 47.5 Å². The summed E-state index contributed by atoms with van der Waals surface area (Å²) in [7, 11) is 1.67. The van der Waals surface area contributed by atoms with Gasteiger partial charge in [0.05, 0.1) is 18.6 Å². The number of amides is 1. The largest absolute Gasteiger partial charge is 0.466 e. The topological polar surface area (TPSA) is 46.6 Å². The molecule has 0 radical (unpaired) electrons. The molecule has 0 spiro atoms. The fourth-order valence-electron chi connectivity index (χ4n) is 1.59. The van der Waals surface area contributed by atoms with Gasteiger partial charge in [0.1, 0.15) is 0 Å². The molecule has 1 aromatic rings. The molecule has 0 N–H and O–H groups in total. The highest BCUT2D eigenvalue weighted by molar-refractivity contribution is 9.10. The molecule has 0 atom stereocenters. The standard InChI is InChI=1S/C14H18BrNO3/c1-4-19-13(17)7-8-16(3)14(18)11-6-5-10(2)9-12(11)15/h5-6,9H,4,7-8H2,1-3H3. The number of rotatable bonds is 5. The van der Waals surface area contributed by atoms with E-state index in [0.29, 0.717) is 18.7 Å². The van der Waals surface area contributed by atoms with Crippen LogP contribution < -0.4 is 0 Å². The van der Waals surface area contributed by atoms with E-state index in [1.165, 1.54) is 4.90 Å². The van der Waals surface area contributed by atoms with E-state index in [1.54, 1.807) is 20.0 Å². The third kappa shape index (κ3) is 4.67. The van der Waals surface area contributed by atoms with Gasteiger partial charge in [-0.2, -0.15) is 0 Å². The predicted octanol–water partition coefficient (Wildman–Crippen LogP) is 2.78. The number of halogens is 1. The van der Waals surface area contributed by atoms with Gasteiger partial charge in [-0.3, -0.25) is 9.59 Å². The van der Waals surface area contributed by atoms with Gasteiger partial charge in [0, 0.05) is 18.1 Å². The summed E-state index contributed by atoms with van der Waals surface area (Å²) in [6, 6.07) is 5.56. The fourth-order valence-corrected chi connectivity index (χ4v) is 2.26. The van der Waals surface area contributed by atoms with Crippen LogP contribution in [0, 0.1) is 6.92 Å². The third-order valence-corrected chi connectivity index (χ3v) is 3.31. The van der Waals surface area contributed by atoms with Gasteiger partial charge in [0.25, 0.3) is 5.91 Å². The maximum atomic E-state index is 12.2. The molecule has 1 amide bonds. The number of hydrogen-bond donors (Lipinski definition) is 0. The van der Waals surface area contributed by atoms with E-state index in [9.17, 15) is 9.59 Å². The highest BCUT2D eigenvalue weighted by atomic mass is 79.9. The zero-order valence-electron chi connectivity index (χ0n) is 11.4. The van der Waals surface area contributed by atoms with Crippen molar-refractivity contribution in [1.29, 1.82) is 0 Å². The molecule has 0 unspecified atom stereocenters. The molecule has 0 fully saturated rings. The van der Waals surface area contributed by atoms with Crippen molar-refractivity contribution in [1.82, 2.24) is 4.90 Å². The van der Waals surface area contributed by atoms with Crippen LogP contribution in [0.1, 0.15) is 29.3 Å². The van der Waals surface area contributed by atoms with Crippen molar-refractivity contribution in [2.75, 3.05) is 20.2 Å². The van der Waals surface area contributed by atoms with E-state index in [4.69, 9.17) is 4.74 Å². The van der Waals surface area contributed by atoms with Gasteiger partial charge < -0.3 is 9.64 Å². The first kappa shape index (κ1) is 15.7. The first-order valence-electron chi connectivity index (χ1n) is 6.13. The van der Waals surface area contributed by atoms with Crippen molar-refractivity contribution in [3.63, 3.8) is 0 Å². The van der Waals surface area contributed by atoms with Gasteiger partial charge in [0.15, 0.2) is 0 Å². The maximum absolute atomic E-state index is 12.2. The van der Waals surface area contributed by atoms with Crippen LogP contribution in [0.3, 0.4) is 0 Å². The molecule has 0 saturated heterocycles. The molecule has 0 aliphatic carbocycles. The Kier molecular flexibility index (Phi) is 6.02. The summed E-state index contributed by atoms with van der Waals surface area (Å²) in [6.45, 7) is 4.43. The molecule has 4 nitrogen and oxygen atoms in total. The molecule has 1 rings (SSSR count). The highest BCUT2D eigenvalue weighted by Gasteiger charge is 2.15. The Labute approximate surface area is 121 Å². The van der Waals surface area contributed by atoms with Gasteiger partial charge in [-0.1, -0.05) is 6.07 Å². The van der Waals surface area contributed by atoms with Crippen LogP contribution in [0.25, 0.3) is 0 Å². The second-order valence-electron chi connectivity index (χ2n) is 4.27. The first-order chi connectivity index (χ1) is 8.95. The number of nitrogens with zero attached hydrogens (tertiary/aromatic N) is 1. The van der Waals surface area contributed by atoms with E-state index >= 15 is 0 Å². The number of benzene rings is 1. The molecule has 0 aliphatic heterocycles. The lowest BCUT2D eigenvalue weighted by Crippen LogP contribution is -2.29. The number of ether oxygens (including phenoxy) is 1. The van der Waals surface area contributed by atoms with Crippen LogP contribution in [0.4, 0.5) is 0 Å². The van der Waals surface area contributed by atoms with Gasteiger partial charge in [-0.25, -0.2) is 0 Å². The minimum Gasteiger partial charge on any atom is -0.466 e. The quantitative estimate of drug-likeness (QED) is 0.781. The van der Waals surface area contributed by atoms with Crippen molar-refractivity contribution in [2.24, 2.45) is 0 Å². The molecule has 104 valence electrons. The number of aryl methyl sites for hydroxylation is 1. The Morgan fingerprint density at radius 3 is 2.63 bits per heavy atom. The van der Waals surface area contributed by atoms with E-state index in [1.807, 2.05) is 19.1 Å². The van der Waals surface area contributed by atoms with E-state index in [-0.39, 0.29) is 18.3 Å². The number of carbonyl (C=O) groups excluding carboxylic acids is 2.